The van der Waals surface area contributed by atoms with Crippen molar-refractivity contribution in [3.05, 3.63) is 0 Å². The summed E-state index contributed by atoms with van der Waals surface area (Å²) in [5, 5.41) is 101. The van der Waals surface area contributed by atoms with Crippen molar-refractivity contribution < 1.29 is 93.4 Å². The molecule has 0 aromatic heterocycles. The van der Waals surface area contributed by atoms with Crippen LogP contribution in [0.1, 0.15) is 48.5 Å². The highest BCUT2D eigenvalue weighted by atomic mass is 28.3. The first-order valence-corrected chi connectivity index (χ1v) is 22.9. The predicted octanol–water partition coefficient (Wildman–Crippen LogP) is -3.87. The maximum Gasteiger partial charge on any atom is 0.217 e. The van der Waals surface area contributed by atoms with Gasteiger partial charge in [-0.05, 0) is 19.9 Å². The zero-order valence-corrected chi connectivity index (χ0v) is 35.1. The first-order valence-electron chi connectivity index (χ1n) is 20.1. The Bertz CT molecular complexity index is 1300. The standard InChI is InChI=1S/C36H66N2O19Si/c1-8-58(9-2,10-3)12-11-50-33-22(38-18(7)42)32(57-36-29(49)27(47)24(44)16(5)52-36)30(20(14-40)54-33)55-34-21(37-17(6)41)31(25(45)19(13-39)53-34)56-35-28(48)26(46)23(43)15(4)51-35/h15-16,19-36,39-40,43-49H,8-14H2,1-7H3,(H,37,41)(H,38,42)/t15-,16-,19+,20+,21+,22+,23+,24+,25-,26+,27+,28-,29-,30+,31+,32+,33+,34-,35-,36-/m0/s1. The summed E-state index contributed by atoms with van der Waals surface area (Å²) in [6, 6.07) is 1.00. The molecule has 4 heterocycles. The highest BCUT2D eigenvalue weighted by Gasteiger charge is 2.56. The summed E-state index contributed by atoms with van der Waals surface area (Å²) in [6.45, 7) is 10.3. The van der Waals surface area contributed by atoms with Crippen molar-refractivity contribution in [3.63, 3.8) is 0 Å². The lowest BCUT2D eigenvalue weighted by atomic mass is 9.93. The van der Waals surface area contributed by atoms with Crippen LogP contribution >= 0.6 is 0 Å². The summed E-state index contributed by atoms with van der Waals surface area (Å²) in [7, 11) is -1.72. The Morgan fingerprint density at radius 2 is 0.983 bits per heavy atom. The Morgan fingerprint density at radius 3 is 1.43 bits per heavy atom. The average molecular weight is 859 g/mol. The average Bonchev–Trinajstić information content (AvgIpc) is 3.19. The second kappa shape index (κ2) is 21.5. The van der Waals surface area contributed by atoms with Crippen LogP contribution in [0.25, 0.3) is 0 Å². The second-order valence-corrected chi connectivity index (χ2v) is 21.4. The highest BCUT2D eigenvalue weighted by molar-refractivity contribution is 6.79. The Kier molecular flexibility index (Phi) is 18.2. The molecule has 4 aliphatic heterocycles. The van der Waals surface area contributed by atoms with Gasteiger partial charge >= 0.3 is 0 Å². The van der Waals surface area contributed by atoms with Crippen LogP contribution in [0.4, 0.5) is 0 Å². The van der Waals surface area contributed by atoms with Gasteiger partial charge in [0.25, 0.3) is 0 Å². The van der Waals surface area contributed by atoms with Crippen LogP contribution in [-0.4, -0.2) is 208 Å². The molecular formula is C36H66N2O19Si. The van der Waals surface area contributed by atoms with Gasteiger partial charge in [-0.1, -0.05) is 38.9 Å². The fourth-order valence-corrected chi connectivity index (χ4v) is 11.1. The van der Waals surface area contributed by atoms with E-state index in [0.717, 1.165) is 31.1 Å². The molecule has 2 amide bonds. The van der Waals surface area contributed by atoms with Crippen LogP contribution in [-0.2, 0) is 47.5 Å². The molecular weight excluding hydrogens is 792 g/mol. The molecule has 4 fully saturated rings. The topological polar surface area (TPSA) is 314 Å². The SMILES string of the molecule is CC[Si](CC)(CC)CCO[C@@H]1O[C@H](CO)[C@@H](O[C@@H]2O[C@H](CO)[C@H](O)[C@H](O[C@@H]3O[C@@H](C)[C@@H](O)[C@@H](O)[C@@H]3O)[C@H]2NC(C)=O)[C@H](O[C@@H]2O[C@@H](C)[C@@H](O)[C@@H](O)[C@@H]2O)[C@H]1NC(C)=O. The van der Waals surface area contributed by atoms with Crippen molar-refractivity contribution in [2.24, 2.45) is 0 Å². The zero-order chi connectivity index (χ0) is 43.2. The molecule has 0 aromatic rings. The molecule has 0 bridgehead atoms. The fourth-order valence-electron chi connectivity index (χ4n) is 8.03. The molecule has 4 rings (SSSR count). The first-order chi connectivity index (χ1) is 27.4. The van der Waals surface area contributed by atoms with Crippen LogP contribution < -0.4 is 10.6 Å². The van der Waals surface area contributed by atoms with E-state index >= 15 is 0 Å². The third-order valence-corrected chi connectivity index (χ3v) is 17.8. The molecule has 0 aliphatic carbocycles. The predicted molar refractivity (Wildman–Crippen MR) is 200 cm³/mol. The van der Waals surface area contributed by atoms with Gasteiger partial charge in [-0.3, -0.25) is 9.59 Å². The van der Waals surface area contributed by atoms with E-state index in [4.69, 9.17) is 37.9 Å². The van der Waals surface area contributed by atoms with Gasteiger partial charge in [-0.2, -0.15) is 0 Å². The number of amides is 2. The van der Waals surface area contributed by atoms with Crippen LogP contribution in [0.15, 0.2) is 0 Å². The van der Waals surface area contributed by atoms with Crippen molar-refractivity contribution in [2.75, 3.05) is 19.8 Å². The van der Waals surface area contributed by atoms with Crippen LogP contribution in [0.3, 0.4) is 0 Å². The lowest BCUT2D eigenvalue weighted by Crippen LogP contribution is -2.71. The molecule has 4 saturated heterocycles. The Balaban J connectivity index is 1.76. The van der Waals surface area contributed by atoms with Gasteiger partial charge in [0.15, 0.2) is 25.2 Å². The summed E-state index contributed by atoms with van der Waals surface area (Å²) < 4.78 is 48.7. The summed E-state index contributed by atoms with van der Waals surface area (Å²) in [6.07, 6.45) is -27.7. The van der Waals surface area contributed by atoms with Crippen molar-refractivity contribution >= 4 is 19.9 Å². The fraction of sp³-hybridized carbons (Fsp3) is 0.944. The minimum atomic E-state index is -1.83. The minimum Gasteiger partial charge on any atom is -0.394 e. The molecule has 338 valence electrons. The summed E-state index contributed by atoms with van der Waals surface area (Å²) in [5.41, 5.74) is 0. The highest BCUT2D eigenvalue weighted by Crippen LogP contribution is 2.36. The first kappa shape index (κ1) is 49.1. The van der Waals surface area contributed by atoms with Crippen molar-refractivity contribution in [2.45, 2.75) is 195 Å². The number of nitrogens with one attached hydrogen (secondary N) is 2. The number of carbonyl (C=O) groups is 2. The van der Waals surface area contributed by atoms with Gasteiger partial charge < -0.3 is 94.5 Å². The third-order valence-electron chi connectivity index (χ3n) is 12.1. The number of ether oxygens (including phenoxy) is 8. The van der Waals surface area contributed by atoms with E-state index in [1.165, 1.54) is 20.8 Å². The Labute approximate surface area is 338 Å². The van der Waals surface area contributed by atoms with E-state index in [0.29, 0.717) is 0 Å². The number of rotatable bonds is 17. The van der Waals surface area contributed by atoms with Gasteiger partial charge in [-0.25, -0.2) is 0 Å². The van der Waals surface area contributed by atoms with Crippen molar-refractivity contribution in [1.82, 2.24) is 10.6 Å². The number of hydrogen-bond acceptors (Lipinski definition) is 19. The molecule has 21 nitrogen and oxygen atoms in total. The van der Waals surface area contributed by atoms with Crippen molar-refractivity contribution in [1.29, 1.82) is 0 Å². The van der Waals surface area contributed by atoms with E-state index in [1.807, 2.05) is 0 Å². The minimum absolute atomic E-state index is 0.217. The molecule has 0 aromatic carbocycles. The largest absolute Gasteiger partial charge is 0.394 e. The lowest BCUT2D eigenvalue weighted by molar-refractivity contribution is -0.374. The molecule has 58 heavy (non-hydrogen) atoms. The second-order valence-electron chi connectivity index (χ2n) is 15.7. The molecule has 20 atom stereocenters. The van der Waals surface area contributed by atoms with Gasteiger partial charge in [-0.15, -0.1) is 0 Å². The van der Waals surface area contributed by atoms with Crippen LogP contribution in [0.5, 0.6) is 0 Å². The number of carbonyl (C=O) groups excluding carboxylic acids is 2. The van der Waals surface area contributed by atoms with Gasteiger partial charge in [0.2, 0.25) is 11.8 Å². The monoisotopic (exact) mass is 858 g/mol. The zero-order valence-electron chi connectivity index (χ0n) is 34.1. The van der Waals surface area contributed by atoms with Crippen LogP contribution in [0, 0.1) is 0 Å². The summed E-state index contributed by atoms with van der Waals surface area (Å²) in [5.74, 6) is -1.25. The molecule has 0 saturated carbocycles. The van der Waals surface area contributed by atoms with Crippen LogP contribution in [0.2, 0.25) is 24.2 Å². The Hall–Kier alpha value is -1.52. The normalized spacial score (nSPS) is 43.8. The molecule has 0 spiro atoms. The van der Waals surface area contributed by atoms with Gasteiger partial charge in [0, 0.05) is 20.5 Å². The smallest absolute Gasteiger partial charge is 0.217 e. The van der Waals surface area contributed by atoms with E-state index in [-0.39, 0.29) is 6.61 Å². The van der Waals surface area contributed by atoms with E-state index in [2.05, 4.69) is 31.4 Å². The van der Waals surface area contributed by atoms with E-state index in [1.54, 1.807) is 0 Å². The van der Waals surface area contributed by atoms with Gasteiger partial charge in [0.1, 0.15) is 85.3 Å². The molecule has 0 unspecified atom stereocenters. The lowest BCUT2D eigenvalue weighted by Gasteiger charge is -2.51. The maximum absolute atomic E-state index is 12.8. The quantitative estimate of drug-likeness (QED) is 0.0624. The Morgan fingerprint density at radius 1 is 0.552 bits per heavy atom. The molecule has 22 heteroatoms. The number of aliphatic hydroxyl groups is 9. The van der Waals surface area contributed by atoms with Gasteiger partial charge in [0.05, 0.1) is 33.5 Å². The molecule has 4 aliphatic rings. The third kappa shape index (κ3) is 11.1. The molecule has 0 radical (unpaired) electrons. The molecule has 11 N–H and O–H groups in total. The number of aliphatic hydroxyl groups excluding tert-OH is 9. The summed E-state index contributed by atoms with van der Waals surface area (Å²) in [4.78, 5) is 25.5. The number of hydrogen-bond donors (Lipinski definition) is 11. The van der Waals surface area contributed by atoms with E-state index in [9.17, 15) is 55.5 Å². The van der Waals surface area contributed by atoms with Crippen molar-refractivity contribution in [3.8, 4) is 0 Å². The maximum atomic E-state index is 12.8. The summed E-state index contributed by atoms with van der Waals surface area (Å²) >= 11 is 0. The van der Waals surface area contributed by atoms with E-state index < -0.39 is 156 Å².